The molecule has 23 heavy (non-hydrogen) atoms. The molecular weight excluding hydrogens is 320 g/mol. The van der Waals surface area contributed by atoms with Crippen LogP contribution in [-0.2, 0) is 9.84 Å². The summed E-state index contributed by atoms with van der Waals surface area (Å²) in [7, 11) is -3.51. The highest BCUT2D eigenvalue weighted by Gasteiger charge is 2.20. The van der Waals surface area contributed by atoms with Gasteiger partial charge in [0.1, 0.15) is 11.6 Å². The van der Waals surface area contributed by atoms with Gasteiger partial charge >= 0.3 is 0 Å². The summed E-state index contributed by atoms with van der Waals surface area (Å²) in [4.78, 5) is 4.36. The van der Waals surface area contributed by atoms with Crippen LogP contribution in [0.5, 0.6) is 0 Å². The molecule has 3 aromatic rings. The average molecular weight is 333 g/mol. The van der Waals surface area contributed by atoms with Gasteiger partial charge in [0, 0.05) is 17.4 Å². The second-order valence-electron chi connectivity index (χ2n) is 5.30. The molecule has 0 saturated carbocycles. The van der Waals surface area contributed by atoms with Crippen LogP contribution in [0.25, 0.3) is 22.2 Å². The molecule has 118 valence electrons. The summed E-state index contributed by atoms with van der Waals surface area (Å²) in [6, 6.07) is 10.3. The molecule has 0 bridgehead atoms. The number of pyridine rings is 1. The molecule has 0 radical (unpaired) electrons. The van der Waals surface area contributed by atoms with E-state index in [-0.39, 0.29) is 27.1 Å². The highest BCUT2D eigenvalue weighted by molar-refractivity contribution is 7.90. The summed E-state index contributed by atoms with van der Waals surface area (Å²) in [6.45, 7) is 1.46. The topological polar surface area (TPSA) is 47.0 Å². The molecule has 2 aromatic carbocycles. The Balaban J connectivity index is 2.42. The van der Waals surface area contributed by atoms with Crippen molar-refractivity contribution in [3.63, 3.8) is 0 Å². The fourth-order valence-electron chi connectivity index (χ4n) is 2.57. The molecule has 0 saturated heterocycles. The number of hydrogen-bond donors (Lipinski definition) is 0. The maximum atomic E-state index is 14.6. The van der Waals surface area contributed by atoms with Crippen molar-refractivity contribution in [1.82, 2.24) is 4.98 Å². The molecule has 3 rings (SSSR count). The van der Waals surface area contributed by atoms with E-state index in [9.17, 15) is 17.2 Å². The number of benzene rings is 2. The van der Waals surface area contributed by atoms with E-state index in [2.05, 4.69) is 4.98 Å². The Morgan fingerprint density at radius 2 is 1.70 bits per heavy atom. The zero-order valence-electron chi connectivity index (χ0n) is 12.5. The Morgan fingerprint density at radius 1 is 1.00 bits per heavy atom. The molecule has 1 aromatic heterocycles. The lowest BCUT2D eigenvalue weighted by atomic mass is 10.0. The highest BCUT2D eigenvalue weighted by Crippen LogP contribution is 2.33. The molecule has 0 unspecified atom stereocenters. The SMILES string of the molecule is Cc1c(-c2ccccc2S(C)(=O)=O)nc2cccc(F)c2c1F. The van der Waals surface area contributed by atoms with Crippen LogP contribution >= 0.6 is 0 Å². The van der Waals surface area contributed by atoms with Crippen molar-refractivity contribution in [3.05, 3.63) is 59.7 Å². The number of rotatable bonds is 2. The summed E-state index contributed by atoms with van der Waals surface area (Å²) in [5.41, 5.74) is 0.754. The average Bonchev–Trinajstić information content (AvgIpc) is 2.50. The smallest absolute Gasteiger partial charge is 0.176 e. The van der Waals surface area contributed by atoms with Crippen molar-refractivity contribution in [3.8, 4) is 11.3 Å². The van der Waals surface area contributed by atoms with Gasteiger partial charge in [0.25, 0.3) is 0 Å². The second kappa shape index (κ2) is 5.38. The predicted octanol–water partition coefficient (Wildman–Crippen LogP) is 3.89. The van der Waals surface area contributed by atoms with Gasteiger partial charge in [-0.2, -0.15) is 0 Å². The van der Waals surface area contributed by atoms with Crippen LogP contribution in [0.15, 0.2) is 47.4 Å². The van der Waals surface area contributed by atoms with Crippen LogP contribution in [-0.4, -0.2) is 19.7 Å². The standard InChI is InChI=1S/C17H13F2NO2S/c1-10-16(19)15-12(18)7-5-8-13(15)20-17(10)11-6-3-4-9-14(11)23(2,21)22/h3-9H,1-2H3. The molecule has 0 fully saturated rings. The zero-order chi connectivity index (χ0) is 16.8. The highest BCUT2D eigenvalue weighted by atomic mass is 32.2. The number of nitrogens with zero attached hydrogens (tertiary/aromatic N) is 1. The largest absolute Gasteiger partial charge is 0.247 e. The van der Waals surface area contributed by atoms with E-state index in [0.29, 0.717) is 5.56 Å². The first-order chi connectivity index (χ1) is 10.8. The van der Waals surface area contributed by atoms with Crippen molar-refractivity contribution in [2.24, 2.45) is 0 Å². The fourth-order valence-corrected chi connectivity index (χ4v) is 3.46. The summed E-state index contributed by atoms with van der Waals surface area (Å²) >= 11 is 0. The molecule has 0 spiro atoms. The first-order valence-electron chi connectivity index (χ1n) is 6.84. The third kappa shape index (κ3) is 2.59. The maximum Gasteiger partial charge on any atom is 0.176 e. The molecular formula is C17H13F2NO2S. The summed E-state index contributed by atoms with van der Waals surface area (Å²) in [5.74, 6) is -1.43. The van der Waals surface area contributed by atoms with E-state index in [4.69, 9.17) is 0 Å². The Morgan fingerprint density at radius 3 is 2.39 bits per heavy atom. The summed E-state index contributed by atoms with van der Waals surface area (Å²) < 4.78 is 52.4. The molecule has 0 aliphatic rings. The van der Waals surface area contributed by atoms with Crippen LogP contribution in [0.2, 0.25) is 0 Å². The minimum Gasteiger partial charge on any atom is -0.247 e. The number of aromatic nitrogens is 1. The van der Waals surface area contributed by atoms with Crippen molar-refractivity contribution >= 4 is 20.7 Å². The third-order valence-corrected chi connectivity index (χ3v) is 4.82. The quantitative estimate of drug-likeness (QED) is 0.715. The van der Waals surface area contributed by atoms with E-state index < -0.39 is 21.5 Å². The van der Waals surface area contributed by atoms with E-state index in [0.717, 1.165) is 12.3 Å². The molecule has 3 nitrogen and oxygen atoms in total. The number of fused-ring (bicyclic) bond motifs is 1. The van der Waals surface area contributed by atoms with Crippen LogP contribution in [0.1, 0.15) is 5.56 Å². The molecule has 6 heteroatoms. The zero-order valence-corrected chi connectivity index (χ0v) is 13.3. The number of halogens is 2. The lowest BCUT2D eigenvalue weighted by Crippen LogP contribution is -2.03. The molecule has 1 heterocycles. The molecule has 0 amide bonds. The third-order valence-electron chi connectivity index (χ3n) is 3.67. The molecule has 0 aliphatic carbocycles. The lowest BCUT2D eigenvalue weighted by molar-refractivity contribution is 0.599. The Bertz CT molecular complexity index is 1030. The minimum absolute atomic E-state index is 0.0609. The molecule has 0 N–H and O–H groups in total. The van der Waals surface area contributed by atoms with Crippen LogP contribution in [0.4, 0.5) is 8.78 Å². The summed E-state index contributed by atoms with van der Waals surface area (Å²) in [6.07, 6.45) is 1.08. The number of sulfone groups is 1. The number of hydrogen-bond acceptors (Lipinski definition) is 3. The van der Waals surface area contributed by atoms with E-state index in [1.807, 2.05) is 0 Å². The van der Waals surface area contributed by atoms with Gasteiger partial charge in [-0.15, -0.1) is 0 Å². The van der Waals surface area contributed by atoms with E-state index in [1.54, 1.807) is 18.2 Å². The van der Waals surface area contributed by atoms with Gasteiger partial charge in [0.15, 0.2) is 9.84 Å². The van der Waals surface area contributed by atoms with Gasteiger partial charge in [-0.1, -0.05) is 24.3 Å². The van der Waals surface area contributed by atoms with Gasteiger partial charge in [-0.25, -0.2) is 22.2 Å². The Kier molecular flexibility index (Phi) is 3.64. The van der Waals surface area contributed by atoms with Gasteiger partial charge in [-0.3, -0.25) is 0 Å². The fraction of sp³-hybridized carbons (Fsp3) is 0.118. The van der Waals surface area contributed by atoms with E-state index >= 15 is 0 Å². The van der Waals surface area contributed by atoms with Gasteiger partial charge in [0.2, 0.25) is 0 Å². The normalized spacial score (nSPS) is 11.8. The van der Waals surface area contributed by atoms with Crippen molar-refractivity contribution in [2.45, 2.75) is 11.8 Å². The summed E-state index contributed by atoms with van der Waals surface area (Å²) in [5, 5.41) is -0.189. The monoisotopic (exact) mass is 333 g/mol. The maximum absolute atomic E-state index is 14.6. The predicted molar refractivity (Wildman–Crippen MR) is 84.9 cm³/mol. The Labute approximate surface area is 132 Å². The van der Waals surface area contributed by atoms with Gasteiger partial charge in [-0.05, 0) is 25.1 Å². The van der Waals surface area contributed by atoms with E-state index in [1.165, 1.54) is 25.1 Å². The Hall–Kier alpha value is -2.34. The first kappa shape index (κ1) is 15.6. The van der Waals surface area contributed by atoms with Crippen molar-refractivity contribution in [2.75, 3.05) is 6.26 Å². The van der Waals surface area contributed by atoms with Crippen molar-refractivity contribution < 1.29 is 17.2 Å². The minimum atomic E-state index is -3.51. The molecule has 0 atom stereocenters. The first-order valence-corrected chi connectivity index (χ1v) is 8.73. The lowest BCUT2D eigenvalue weighted by Gasteiger charge is -2.12. The van der Waals surface area contributed by atoms with Crippen LogP contribution in [0, 0.1) is 18.6 Å². The van der Waals surface area contributed by atoms with Crippen molar-refractivity contribution in [1.29, 1.82) is 0 Å². The molecule has 0 aliphatic heterocycles. The van der Waals surface area contributed by atoms with Crippen LogP contribution < -0.4 is 0 Å². The van der Waals surface area contributed by atoms with Gasteiger partial charge < -0.3 is 0 Å². The van der Waals surface area contributed by atoms with Crippen LogP contribution in [0.3, 0.4) is 0 Å². The van der Waals surface area contributed by atoms with Gasteiger partial charge in [0.05, 0.1) is 21.5 Å². The second-order valence-corrected chi connectivity index (χ2v) is 7.29.